The van der Waals surface area contributed by atoms with Crippen molar-refractivity contribution in [2.75, 3.05) is 70.0 Å². The number of halogens is 2. The van der Waals surface area contributed by atoms with Crippen LogP contribution in [0, 0.1) is 11.2 Å². The number of rotatable bonds is 26. The zero-order chi connectivity index (χ0) is 47.7. The van der Waals surface area contributed by atoms with Crippen molar-refractivity contribution in [3.8, 4) is 5.75 Å². The Labute approximate surface area is 403 Å². The third kappa shape index (κ3) is 14.0. The number of unbranched alkanes of at least 4 members (excludes halogenated alkanes) is 1. The number of hydrogen-bond acceptors (Lipinski definition) is 14. The lowest BCUT2D eigenvalue weighted by Gasteiger charge is -2.39. The maximum Gasteiger partial charge on any atom is 0.255 e. The van der Waals surface area contributed by atoms with Crippen molar-refractivity contribution in [1.82, 2.24) is 25.5 Å². The second-order valence-electron chi connectivity index (χ2n) is 16.7. The van der Waals surface area contributed by atoms with Crippen LogP contribution >= 0.6 is 22.9 Å². The van der Waals surface area contributed by atoms with Crippen LogP contribution in [0.2, 0.25) is 5.02 Å². The van der Waals surface area contributed by atoms with Crippen LogP contribution in [0.1, 0.15) is 79.4 Å². The summed E-state index contributed by atoms with van der Waals surface area (Å²) in [6, 6.07) is 14.8. The molecule has 17 nitrogen and oxygen atoms in total. The lowest BCUT2D eigenvalue weighted by Crippen LogP contribution is -2.52. The number of ether oxygens (including phenoxy) is 5. The van der Waals surface area contributed by atoms with Crippen molar-refractivity contribution in [2.45, 2.75) is 82.9 Å². The fourth-order valence-corrected chi connectivity index (χ4v) is 9.18. The maximum atomic E-state index is 14.6. The fourth-order valence-electron chi connectivity index (χ4n) is 8.48. The van der Waals surface area contributed by atoms with E-state index in [0.717, 1.165) is 10.8 Å². The van der Waals surface area contributed by atoms with Crippen molar-refractivity contribution in [1.29, 1.82) is 0 Å². The Bertz CT molecular complexity index is 2350. The van der Waals surface area contributed by atoms with Gasteiger partial charge in [0, 0.05) is 73.0 Å². The first kappa shape index (κ1) is 50.3. The van der Waals surface area contributed by atoms with E-state index >= 15 is 0 Å². The summed E-state index contributed by atoms with van der Waals surface area (Å²) in [6.45, 7) is 3.56. The number of imide groups is 1. The number of anilines is 3. The first-order chi connectivity index (χ1) is 33.1. The van der Waals surface area contributed by atoms with Gasteiger partial charge in [-0.2, -0.15) is 0 Å². The Hall–Kier alpha value is -5.57. The number of carbonyl (C=O) groups is 5. The van der Waals surface area contributed by atoms with Gasteiger partial charge in [-0.3, -0.25) is 29.3 Å². The maximum absolute atomic E-state index is 14.6. The van der Waals surface area contributed by atoms with Crippen LogP contribution in [-0.2, 0) is 51.1 Å². The monoisotopic (exact) mass is 977 g/mol. The van der Waals surface area contributed by atoms with Gasteiger partial charge in [0.05, 0.1) is 62.8 Å². The molecule has 4 N–H and O–H groups in total. The fraction of sp³-hybridized carbons (Fsp3) is 0.479. The Balaban J connectivity index is 0.720. The molecule has 7 rings (SSSR count). The van der Waals surface area contributed by atoms with Crippen LogP contribution in [-0.4, -0.2) is 116 Å². The Morgan fingerprint density at radius 3 is 2.34 bits per heavy atom. The summed E-state index contributed by atoms with van der Waals surface area (Å²) >= 11 is 7.45. The lowest BCUT2D eigenvalue weighted by atomic mass is 9.69. The van der Waals surface area contributed by atoms with Gasteiger partial charge in [-0.25, -0.2) is 14.4 Å². The smallest absolute Gasteiger partial charge is 0.255 e. The van der Waals surface area contributed by atoms with Crippen molar-refractivity contribution in [3.05, 3.63) is 93.8 Å². The number of aromatic nitrogens is 2. The normalized spacial score (nSPS) is 19.1. The molecule has 3 aliphatic rings. The number of fused-ring (bicyclic) bond motifs is 1. The van der Waals surface area contributed by atoms with Crippen LogP contribution in [0.4, 0.5) is 21.0 Å². The molecule has 4 aromatic rings. The highest BCUT2D eigenvalue weighted by Crippen LogP contribution is 2.41. The second-order valence-corrected chi connectivity index (χ2v) is 18.0. The van der Waals surface area contributed by atoms with Gasteiger partial charge in [-0.05, 0) is 81.3 Å². The molecule has 1 unspecified atom stereocenters. The van der Waals surface area contributed by atoms with Crippen molar-refractivity contribution in [2.24, 2.45) is 5.41 Å². The van der Waals surface area contributed by atoms with Gasteiger partial charge in [-0.15, -0.1) is 11.3 Å². The van der Waals surface area contributed by atoms with E-state index in [1.54, 1.807) is 36.5 Å². The highest BCUT2D eigenvalue weighted by Gasteiger charge is 2.43. The summed E-state index contributed by atoms with van der Waals surface area (Å²) in [5, 5.41) is 14.1. The first-order valence-corrected chi connectivity index (χ1v) is 24.2. The number of amides is 5. The van der Waals surface area contributed by atoms with Crippen LogP contribution in [0.25, 0.3) is 0 Å². The summed E-state index contributed by atoms with van der Waals surface area (Å²) < 4.78 is 43.2. The molecule has 1 atom stereocenters. The van der Waals surface area contributed by atoms with E-state index < -0.39 is 23.2 Å². The van der Waals surface area contributed by atoms with Gasteiger partial charge in [-0.1, -0.05) is 29.8 Å². The van der Waals surface area contributed by atoms with Crippen LogP contribution in [0.3, 0.4) is 0 Å². The van der Waals surface area contributed by atoms with Gasteiger partial charge in [0.25, 0.3) is 5.91 Å². The summed E-state index contributed by atoms with van der Waals surface area (Å²) in [7, 11) is 0. The number of nitrogens with zero attached hydrogens (tertiary/aromatic N) is 3. The molecule has 0 spiro atoms. The summed E-state index contributed by atoms with van der Waals surface area (Å²) in [5.41, 5.74) is 1.65. The molecule has 1 aliphatic carbocycles. The average Bonchev–Trinajstić information content (AvgIpc) is 3.97. The van der Waals surface area contributed by atoms with E-state index in [1.807, 2.05) is 23.6 Å². The molecule has 2 aromatic carbocycles. The number of thiazole rings is 1. The number of nitrogens with one attached hydrogen (secondary N) is 4. The predicted molar refractivity (Wildman–Crippen MR) is 251 cm³/mol. The van der Waals surface area contributed by atoms with Gasteiger partial charge in [0.2, 0.25) is 23.6 Å². The summed E-state index contributed by atoms with van der Waals surface area (Å²) in [6.07, 6.45) is 5.99. The molecule has 5 amide bonds. The standard InChI is InChI=1S/C48H57ClFN7O10S/c49-36-8-5-10-39(43(36)50)67-33-15-17-48(18-16-33,30-32-6-3-11-40(53-32)55-47-52-20-29-68-47)46(62)51-19-22-64-24-26-66-28-27-65-25-23-63-21-2-1-12-41(58)54-37-9-4-7-34-35(37)31-57(45(34)61)38-13-14-42(59)56-44(38)60/h3-11,20,29,33,38H,1-2,12-19,21-28,30-31H2,(H,51,62)(H,54,58)(H,52,53,55)(H,56,59,60). The quantitative estimate of drug-likeness (QED) is 0.0399. The third-order valence-corrected chi connectivity index (χ3v) is 13.0. The molecule has 2 aliphatic heterocycles. The van der Waals surface area contributed by atoms with E-state index in [9.17, 15) is 28.4 Å². The number of hydrogen-bond donors (Lipinski definition) is 4. The van der Waals surface area contributed by atoms with Gasteiger partial charge in [0.15, 0.2) is 16.7 Å². The molecule has 364 valence electrons. The molecule has 68 heavy (non-hydrogen) atoms. The highest BCUT2D eigenvalue weighted by molar-refractivity contribution is 7.13. The van der Waals surface area contributed by atoms with Gasteiger partial charge >= 0.3 is 0 Å². The van der Waals surface area contributed by atoms with E-state index in [4.69, 9.17) is 40.3 Å². The predicted octanol–water partition coefficient (Wildman–Crippen LogP) is 6.38. The van der Waals surface area contributed by atoms with Crippen molar-refractivity contribution in [3.63, 3.8) is 0 Å². The van der Waals surface area contributed by atoms with Crippen LogP contribution < -0.4 is 26.0 Å². The minimum atomic E-state index is -0.754. The molecule has 2 aromatic heterocycles. The van der Waals surface area contributed by atoms with Gasteiger partial charge in [0.1, 0.15) is 11.9 Å². The van der Waals surface area contributed by atoms with Crippen LogP contribution in [0.15, 0.2) is 66.2 Å². The zero-order valence-electron chi connectivity index (χ0n) is 37.7. The van der Waals surface area contributed by atoms with Crippen molar-refractivity contribution >= 4 is 69.1 Å². The SMILES string of the molecule is O=C1CCC(N2Cc3c(NC(=O)CCCCOCCOCCOCCOCCNC(=O)C4(Cc5cccc(Nc6nccs6)n5)CCC(Oc5cccc(Cl)c5F)CC4)cccc3C2=O)C(=O)N1. The minimum absolute atomic E-state index is 0.00195. The second kappa shape index (κ2) is 25.2. The van der Waals surface area contributed by atoms with E-state index in [0.29, 0.717) is 127 Å². The third-order valence-electron chi connectivity index (χ3n) is 12.0. The first-order valence-electron chi connectivity index (χ1n) is 23.0. The van der Waals surface area contributed by atoms with E-state index in [-0.39, 0.29) is 66.3 Å². The molecular formula is C48H57ClFN7O10S. The molecule has 1 saturated heterocycles. The topological polar surface area (TPSA) is 209 Å². The minimum Gasteiger partial charge on any atom is -0.487 e. The molecule has 4 heterocycles. The Kier molecular flexibility index (Phi) is 18.6. The highest BCUT2D eigenvalue weighted by atomic mass is 35.5. The number of carbonyl (C=O) groups excluding carboxylic acids is 5. The summed E-state index contributed by atoms with van der Waals surface area (Å²) in [5.74, 6) is -1.24. The Morgan fingerprint density at radius 2 is 1.60 bits per heavy atom. The number of benzene rings is 2. The Morgan fingerprint density at radius 1 is 0.882 bits per heavy atom. The average molecular weight is 979 g/mol. The van der Waals surface area contributed by atoms with E-state index in [2.05, 4.69) is 26.3 Å². The van der Waals surface area contributed by atoms with Gasteiger partial charge < -0.3 is 44.5 Å². The molecule has 0 bridgehead atoms. The van der Waals surface area contributed by atoms with E-state index in [1.165, 1.54) is 22.3 Å². The molecule has 20 heteroatoms. The molecule has 2 fully saturated rings. The lowest BCUT2D eigenvalue weighted by molar-refractivity contribution is -0.137. The summed E-state index contributed by atoms with van der Waals surface area (Å²) in [4.78, 5) is 74.2. The zero-order valence-corrected chi connectivity index (χ0v) is 39.3. The van der Waals surface area contributed by atoms with Crippen molar-refractivity contribution < 1.29 is 52.0 Å². The number of piperidine rings is 1. The molecule has 0 radical (unpaired) electrons. The number of pyridine rings is 1. The largest absolute Gasteiger partial charge is 0.487 e. The molecular weight excluding hydrogens is 921 g/mol. The molecule has 1 saturated carbocycles. The van der Waals surface area contributed by atoms with Crippen LogP contribution in [0.5, 0.6) is 5.75 Å².